The van der Waals surface area contributed by atoms with Crippen molar-refractivity contribution in [1.82, 2.24) is 10.6 Å². The summed E-state index contributed by atoms with van der Waals surface area (Å²) in [6.07, 6.45) is 2.06. The van der Waals surface area contributed by atoms with Crippen LogP contribution < -0.4 is 16.0 Å². The molecule has 3 N–H and O–H groups in total. The molecule has 1 aliphatic rings. The highest BCUT2D eigenvalue weighted by atomic mass is 16.2. The molecule has 0 bridgehead atoms. The van der Waals surface area contributed by atoms with Gasteiger partial charge in [-0.2, -0.15) is 0 Å². The number of hydrogen-bond donors (Lipinski definition) is 3. The van der Waals surface area contributed by atoms with Crippen LogP contribution in [-0.2, 0) is 4.79 Å². The van der Waals surface area contributed by atoms with E-state index in [4.69, 9.17) is 0 Å². The van der Waals surface area contributed by atoms with Crippen molar-refractivity contribution in [2.75, 3.05) is 5.32 Å². The molecule has 1 aliphatic carbocycles. The van der Waals surface area contributed by atoms with E-state index in [0.717, 1.165) is 18.4 Å². The molecule has 0 spiro atoms. The van der Waals surface area contributed by atoms with Crippen molar-refractivity contribution in [3.8, 4) is 0 Å². The van der Waals surface area contributed by atoms with E-state index < -0.39 is 6.04 Å². The molecule has 2 aromatic carbocycles. The first-order valence-electron chi connectivity index (χ1n) is 9.93. The Balaban J connectivity index is 1.63. The normalized spacial score (nSPS) is 14.2. The lowest BCUT2D eigenvalue weighted by Crippen LogP contribution is -2.47. The van der Waals surface area contributed by atoms with E-state index in [1.54, 1.807) is 36.4 Å². The summed E-state index contributed by atoms with van der Waals surface area (Å²) < 4.78 is 0. The van der Waals surface area contributed by atoms with Gasteiger partial charge in [-0.1, -0.05) is 31.5 Å². The van der Waals surface area contributed by atoms with Crippen LogP contribution in [0.25, 0.3) is 0 Å². The summed E-state index contributed by atoms with van der Waals surface area (Å²) in [6.45, 7) is 5.68. The lowest BCUT2D eigenvalue weighted by molar-refractivity contribution is -0.118. The van der Waals surface area contributed by atoms with E-state index in [-0.39, 0.29) is 23.6 Å². The first kappa shape index (κ1) is 20.6. The standard InChI is InChI=1S/C23H27N3O3/c1-14(2)20(26-22(28)17-6-4-5-15(3)13-17)23(29)25-18-9-7-16(8-10-18)21(27)24-19-11-12-19/h4-10,13-14,19-20H,11-12H2,1-3H3,(H,24,27)(H,25,29)(H,26,28)/t20-/m0/s1. The van der Waals surface area contributed by atoms with Crippen molar-refractivity contribution in [2.24, 2.45) is 5.92 Å². The number of rotatable bonds is 7. The van der Waals surface area contributed by atoms with Crippen molar-refractivity contribution >= 4 is 23.4 Å². The summed E-state index contributed by atoms with van der Waals surface area (Å²) in [5, 5.41) is 8.58. The third-order valence-electron chi connectivity index (χ3n) is 4.84. The number of aryl methyl sites for hydroxylation is 1. The number of anilines is 1. The quantitative estimate of drug-likeness (QED) is 0.675. The van der Waals surface area contributed by atoms with Gasteiger partial charge in [0.15, 0.2) is 0 Å². The van der Waals surface area contributed by atoms with Gasteiger partial charge in [-0.3, -0.25) is 14.4 Å². The maximum atomic E-state index is 12.8. The Morgan fingerprint density at radius 1 is 0.931 bits per heavy atom. The van der Waals surface area contributed by atoms with Crippen LogP contribution in [0.15, 0.2) is 48.5 Å². The third kappa shape index (κ3) is 5.67. The third-order valence-corrected chi connectivity index (χ3v) is 4.84. The average Bonchev–Trinajstić information content (AvgIpc) is 3.50. The summed E-state index contributed by atoms with van der Waals surface area (Å²) in [6, 6.07) is 13.6. The van der Waals surface area contributed by atoms with Crippen molar-refractivity contribution in [3.05, 3.63) is 65.2 Å². The second-order valence-corrected chi connectivity index (χ2v) is 7.88. The van der Waals surface area contributed by atoms with Crippen molar-refractivity contribution in [3.63, 3.8) is 0 Å². The average molecular weight is 393 g/mol. The van der Waals surface area contributed by atoms with Crippen LogP contribution in [0.2, 0.25) is 0 Å². The van der Waals surface area contributed by atoms with Crippen molar-refractivity contribution < 1.29 is 14.4 Å². The number of benzene rings is 2. The molecule has 0 aliphatic heterocycles. The largest absolute Gasteiger partial charge is 0.349 e. The van der Waals surface area contributed by atoms with Crippen molar-refractivity contribution in [1.29, 1.82) is 0 Å². The molecule has 3 amide bonds. The predicted molar refractivity (Wildman–Crippen MR) is 113 cm³/mol. The topological polar surface area (TPSA) is 87.3 Å². The first-order chi connectivity index (χ1) is 13.8. The minimum Gasteiger partial charge on any atom is -0.349 e. The van der Waals surface area contributed by atoms with Crippen LogP contribution in [0.4, 0.5) is 5.69 Å². The van der Waals surface area contributed by atoms with Crippen molar-refractivity contribution in [2.45, 2.75) is 45.7 Å². The molecule has 2 aromatic rings. The molecule has 152 valence electrons. The highest BCUT2D eigenvalue weighted by molar-refractivity contribution is 6.01. The molecule has 0 radical (unpaired) electrons. The summed E-state index contributed by atoms with van der Waals surface area (Å²) in [5.41, 5.74) is 2.64. The Hall–Kier alpha value is -3.15. The lowest BCUT2D eigenvalue weighted by atomic mass is 10.0. The highest BCUT2D eigenvalue weighted by Crippen LogP contribution is 2.20. The molecule has 0 heterocycles. The van der Waals surface area contributed by atoms with E-state index in [1.807, 2.05) is 32.9 Å². The molecular formula is C23H27N3O3. The fourth-order valence-electron chi connectivity index (χ4n) is 2.97. The first-order valence-corrected chi connectivity index (χ1v) is 9.93. The molecule has 0 unspecified atom stereocenters. The molecule has 3 rings (SSSR count). The van der Waals surface area contributed by atoms with E-state index >= 15 is 0 Å². The van der Waals surface area contributed by atoms with Gasteiger partial charge in [0, 0.05) is 22.9 Å². The van der Waals surface area contributed by atoms with Gasteiger partial charge in [-0.05, 0) is 62.1 Å². The SMILES string of the molecule is Cc1cccc(C(=O)N[C@H](C(=O)Nc2ccc(C(=O)NC3CC3)cc2)C(C)C)c1. The Bertz CT molecular complexity index is 902. The van der Waals surface area contributed by atoms with Gasteiger partial charge in [-0.25, -0.2) is 0 Å². The second kappa shape index (κ2) is 8.90. The molecule has 29 heavy (non-hydrogen) atoms. The van der Waals surface area contributed by atoms with E-state index in [1.165, 1.54) is 0 Å². The van der Waals surface area contributed by atoms with Crippen LogP contribution in [0.1, 0.15) is 53.0 Å². The Morgan fingerprint density at radius 2 is 1.62 bits per heavy atom. The maximum absolute atomic E-state index is 12.8. The second-order valence-electron chi connectivity index (χ2n) is 7.88. The minimum absolute atomic E-state index is 0.0904. The van der Waals surface area contributed by atoms with Gasteiger partial charge in [0.2, 0.25) is 5.91 Å². The number of carbonyl (C=O) groups excluding carboxylic acids is 3. The van der Waals surface area contributed by atoms with E-state index in [0.29, 0.717) is 22.9 Å². The zero-order valence-corrected chi connectivity index (χ0v) is 17.0. The number of nitrogens with one attached hydrogen (secondary N) is 3. The Kier molecular flexibility index (Phi) is 6.32. The van der Waals surface area contributed by atoms with E-state index in [9.17, 15) is 14.4 Å². The molecular weight excluding hydrogens is 366 g/mol. The zero-order chi connectivity index (χ0) is 21.0. The zero-order valence-electron chi connectivity index (χ0n) is 17.0. The van der Waals surface area contributed by atoms with Gasteiger partial charge in [0.1, 0.15) is 6.04 Å². The Morgan fingerprint density at radius 3 is 2.21 bits per heavy atom. The van der Waals surface area contributed by atoms with Crippen LogP contribution in [-0.4, -0.2) is 29.8 Å². The summed E-state index contributed by atoms with van der Waals surface area (Å²) in [4.78, 5) is 37.4. The summed E-state index contributed by atoms with van der Waals surface area (Å²) in [7, 11) is 0. The fourth-order valence-corrected chi connectivity index (χ4v) is 2.97. The predicted octanol–water partition coefficient (Wildman–Crippen LogP) is 3.28. The fraction of sp³-hybridized carbons (Fsp3) is 0.348. The van der Waals surface area contributed by atoms with Gasteiger partial charge in [0.25, 0.3) is 11.8 Å². The van der Waals surface area contributed by atoms with Crippen LogP contribution in [0, 0.1) is 12.8 Å². The number of carbonyl (C=O) groups is 3. The van der Waals surface area contributed by atoms with E-state index in [2.05, 4.69) is 16.0 Å². The van der Waals surface area contributed by atoms with Gasteiger partial charge < -0.3 is 16.0 Å². The Labute approximate surface area is 171 Å². The molecule has 1 fully saturated rings. The van der Waals surface area contributed by atoms with Gasteiger partial charge in [-0.15, -0.1) is 0 Å². The lowest BCUT2D eigenvalue weighted by Gasteiger charge is -2.22. The van der Waals surface area contributed by atoms with Gasteiger partial charge >= 0.3 is 0 Å². The molecule has 1 saturated carbocycles. The summed E-state index contributed by atoms with van der Waals surface area (Å²) >= 11 is 0. The van der Waals surface area contributed by atoms with Crippen LogP contribution in [0.3, 0.4) is 0 Å². The minimum atomic E-state index is -0.680. The molecule has 6 heteroatoms. The molecule has 1 atom stereocenters. The van der Waals surface area contributed by atoms with Gasteiger partial charge in [0.05, 0.1) is 0 Å². The molecule has 0 aromatic heterocycles. The van der Waals surface area contributed by atoms with Crippen LogP contribution >= 0.6 is 0 Å². The maximum Gasteiger partial charge on any atom is 0.251 e. The molecule has 0 saturated heterocycles. The summed E-state index contributed by atoms with van der Waals surface area (Å²) in [5.74, 6) is -0.769. The monoisotopic (exact) mass is 393 g/mol. The smallest absolute Gasteiger partial charge is 0.251 e. The van der Waals surface area contributed by atoms with Crippen LogP contribution in [0.5, 0.6) is 0 Å². The number of hydrogen-bond acceptors (Lipinski definition) is 3. The highest BCUT2D eigenvalue weighted by Gasteiger charge is 2.25. The molecule has 6 nitrogen and oxygen atoms in total. The number of amides is 3.